The molecule has 0 saturated heterocycles. The Morgan fingerprint density at radius 2 is 0.682 bits per heavy atom. The second-order valence-electron chi connectivity index (χ2n) is 17.9. The van der Waals surface area contributed by atoms with E-state index in [1.165, 1.54) is 109 Å². The highest BCUT2D eigenvalue weighted by Crippen LogP contribution is 2.14. The summed E-state index contributed by atoms with van der Waals surface area (Å²) < 4.78 is 0. The Hall–Kier alpha value is -3.47. The minimum atomic E-state index is -0.888. The molecular weight excluding hydrogens is 807 g/mol. The smallest absolute Gasteiger partial charge is 0.220 e. The van der Waals surface area contributed by atoms with Gasteiger partial charge in [-0.05, 0) is 109 Å². The molecule has 2 unspecified atom stereocenters. The van der Waals surface area contributed by atoms with Crippen molar-refractivity contribution in [3.8, 4) is 0 Å². The molecule has 0 radical (unpaired) electrons. The zero-order valence-corrected chi connectivity index (χ0v) is 42.9. The van der Waals surface area contributed by atoms with Crippen LogP contribution < -0.4 is 5.32 Å². The maximum atomic E-state index is 12.5. The minimum absolute atomic E-state index is 0.0978. The van der Waals surface area contributed by atoms with E-state index >= 15 is 0 Å². The predicted octanol–water partition coefficient (Wildman–Crippen LogP) is 18.2. The number of amides is 1. The maximum absolute atomic E-state index is 12.5. The van der Waals surface area contributed by atoms with E-state index in [0.717, 1.165) is 103 Å². The molecule has 0 aromatic carbocycles. The van der Waals surface area contributed by atoms with Crippen LogP contribution in [0.15, 0.2) is 134 Å². The minimum Gasteiger partial charge on any atom is -0.394 e. The van der Waals surface area contributed by atoms with Crippen LogP contribution in [0.4, 0.5) is 0 Å². The van der Waals surface area contributed by atoms with Gasteiger partial charge in [0.15, 0.2) is 0 Å². The monoisotopic (exact) mass is 910 g/mol. The van der Waals surface area contributed by atoms with Gasteiger partial charge in [0.05, 0.1) is 18.8 Å². The van der Waals surface area contributed by atoms with Crippen molar-refractivity contribution < 1.29 is 15.0 Å². The Morgan fingerprint density at radius 1 is 0.379 bits per heavy atom. The Kier molecular flexibility index (Phi) is 52.9. The number of aliphatic hydroxyl groups is 2. The molecule has 0 aromatic heterocycles. The van der Waals surface area contributed by atoms with Gasteiger partial charge in [-0.2, -0.15) is 0 Å². The standard InChI is InChI=1S/C62H103NO3/c1-3-5-7-9-11-13-15-17-19-21-23-25-27-28-29-30-31-32-33-34-36-38-40-42-44-46-48-50-52-54-56-58-62(66)63-60(59-64)61(65)57-55-53-51-49-47-45-43-41-39-37-35-26-24-22-20-18-16-14-12-10-8-6-4-2/h5,7,11,13,17,19,23,25,28-29,31-32,34,36,39-42,47,49,55,57,60-61,64-65H,3-4,6,8-10,12,14-16,18,20-22,24,26-27,30,33,35,37-38,43-46,48,50-54,56,58-59H2,1-2H3,(H,63,66)/b7-5-,13-11-,19-17-,25-23-,29-28-,32-31-,36-34-,41-39+,42-40-,49-47+,57-55+. The lowest BCUT2D eigenvalue weighted by Crippen LogP contribution is -2.45. The molecule has 0 aliphatic rings. The summed E-state index contributed by atoms with van der Waals surface area (Å²) in [7, 11) is 0. The van der Waals surface area contributed by atoms with Crippen molar-refractivity contribution in [2.75, 3.05) is 6.61 Å². The summed E-state index contributed by atoms with van der Waals surface area (Å²) >= 11 is 0. The van der Waals surface area contributed by atoms with Gasteiger partial charge in [0.25, 0.3) is 0 Å². The third kappa shape index (κ3) is 51.5. The van der Waals surface area contributed by atoms with Gasteiger partial charge in [0.1, 0.15) is 0 Å². The molecule has 0 bridgehead atoms. The number of unbranched alkanes of at least 4 members (excludes halogenated alkanes) is 21. The van der Waals surface area contributed by atoms with Crippen LogP contribution in [0.25, 0.3) is 0 Å². The van der Waals surface area contributed by atoms with E-state index in [1.54, 1.807) is 6.08 Å². The number of hydrogen-bond acceptors (Lipinski definition) is 3. The molecule has 374 valence electrons. The van der Waals surface area contributed by atoms with Crippen molar-refractivity contribution in [3.05, 3.63) is 134 Å². The topological polar surface area (TPSA) is 69.6 Å². The summed E-state index contributed by atoms with van der Waals surface area (Å²) in [5, 5.41) is 23.1. The molecule has 0 fully saturated rings. The van der Waals surface area contributed by atoms with E-state index < -0.39 is 12.1 Å². The van der Waals surface area contributed by atoms with Crippen LogP contribution in [0.2, 0.25) is 0 Å². The molecule has 4 heteroatoms. The summed E-state index contributed by atoms with van der Waals surface area (Å²) in [6.07, 6.45) is 87.4. The molecular formula is C62H103NO3. The largest absolute Gasteiger partial charge is 0.394 e. The van der Waals surface area contributed by atoms with Crippen LogP contribution in [0.3, 0.4) is 0 Å². The van der Waals surface area contributed by atoms with E-state index in [0.29, 0.717) is 6.42 Å². The van der Waals surface area contributed by atoms with E-state index in [1.807, 2.05) is 6.08 Å². The van der Waals surface area contributed by atoms with Gasteiger partial charge >= 0.3 is 0 Å². The van der Waals surface area contributed by atoms with Crippen LogP contribution in [0.5, 0.6) is 0 Å². The Labute approximate surface area is 409 Å². The van der Waals surface area contributed by atoms with Crippen molar-refractivity contribution in [1.29, 1.82) is 0 Å². The number of aliphatic hydroxyl groups excluding tert-OH is 2. The quantitative estimate of drug-likeness (QED) is 0.0421. The summed E-state index contributed by atoms with van der Waals surface area (Å²) in [5.41, 5.74) is 0. The first-order chi connectivity index (χ1) is 32.7. The lowest BCUT2D eigenvalue weighted by Gasteiger charge is -2.19. The van der Waals surface area contributed by atoms with E-state index in [2.05, 4.69) is 141 Å². The molecule has 66 heavy (non-hydrogen) atoms. The fraction of sp³-hybridized carbons (Fsp3) is 0.629. The first-order valence-electron chi connectivity index (χ1n) is 27.4. The SMILES string of the molecule is CC/C=C\C/C=C\C/C=C\C/C=C\C/C=C\C/C=C\C/C=C\C/C=C\CCCCCCCCC(=O)NC(CO)C(O)/C=C/CC/C=C/CC/C=C/CCCCCCCCCCCCCCC. The van der Waals surface area contributed by atoms with Crippen molar-refractivity contribution >= 4 is 5.91 Å². The molecule has 0 saturated carbocycles. The lowest BCUT2D eigenvalue weighted by molar-refractivity contribution is -0.123. The first kappa shape index (κ1) is 62.5. The van der Waals surface area contributed by atoms with Crippen LogP contribution >= 0.6 is 0 Å². The van der Waals surface area contributed by atoms with Crippen LogP contribution in [0, 0.1) is 0 Å². The normalized spacial score (nSPS) is 13.9. The van der Waals surface area contributed by atoms with E-state index in [-0.39, 0.29) is 12.5 Å². The summed E-state index contributed by atoms with van der Waals surface area (Å²) in [4.78, 5) is 12.5. The molecule has 1 amide bonds. The van der Waals surface area contributed by atoms with Crippen molar-refractivity contribution in [2.24, 2.45) is 0 Å². The summed E-state index contributed by atoms with van der Waals surface area (Å²) in [5.74, 6) is -0.0978. The fourth-order valence-corrected chi connectivity index (χ4v) is 7.46. The van der Waals surface area contributed by atoms with Gasteiger partial charge in [-0.1, -0.05) is 250 Å². The zero-order valence-electron chi connectivity index (χ0n) is 42.9. The maximum Gasteiger partial charge on any atom is 0.220 e. The number of allylic oxidation sites excluding steroid dienone is 21. The Balaban J connectivity index is 3.70. The highest BCUT2D eigenvalue weighted by atomic mass is 16.3. The first-order valence-corrected chi connectivity index (χ1v) is 27.4. The van der Waals surface area contributed by atoms with Gasteiger partial charge in [-0.3, -0.25) is 4.79 Å². The highest BCUT2D eigenvalue weighted by Gasteiger charge is 2.17. The van der Waals surface area contributed by atoms with Crippen molar-refractivity contribution in [1.82, 2.24) is 5.32 Å². The molecule has 3 N–H and O–H groups in total. The van der Waals surface area contributed by atoms with Crippen molar-refractivity contribution in [3.63, 3.8) is 0 Å². The molecule has 0 aliphatic carbocycles. The molecule has 4 nitrogen and oxygen atoms in total. The molecule has 0 heterocycles. The predicted molar refractivity (Wildman–Crippen MR) is 294 cm³/mol. The second kappa shape index (κ2) is 55.9. The van der Waals surface area contributed by atoms with E-state index in [9.17, 15) is 15.0 Å². The third-order valence-electron chi connectivity index (χ3n) is 11.6. The number of hydrogen-bond donors (Lipinski definition) is 3. The molecule has 0 aliphatic heterocycles. The second-order valence-corrected chi connectivity index (χ2v) is 17.9. The van der Waals surface area contributed by atoms with Gasteiger partial charge in [0.2, 0.25) is 5.91 Å². The van der Waals surface area contributed by atoms with Crippen LogP contribution in [-0.4, -0.2) is 34.9 Å². The Morgan fingerprint density at radius 3 is 1.06 bits per heavy atom. The zero-order chi connectivity index (χ0) is 47.7. The van der Waals surface area contributed by atoms with Crippen molar-refractivity contribution in [2.45, 2.75) is 244 Å². The molecule has 0 rings (SSSR count). The molecule has 0 aromatic rings. The van der Waals surface area contributed by atoms with E-state index in [4.69, 9.17) is 0 Å². The lowest BCUT2D eigenvalue weighted by atomic mass is 10.0. The number of rotatable bonds is 48. The number of carbonyl (C=O) groups excluding carboxylic acids is 1. The fourth-order valence-electron chi connectivity index (χ4n) is 7.46. The van der Waals surface area contributed by atoms with Gasteiger partial charge in [-0.25, -0.2) is 0 Å². The average Bonchev–Trinajstić information content (AvgIpc) is 3.32. The summed E-state index contributed by atoms with van der Waals surface area (Å²) in [6.45, 7) is 4.17. The van der Waals surface area contributed by atoms with Crippen LogP contribution in [-0.2, 0) is 4.79 Å². The molecule has 2 atom stereocenters. The summed E-state index contributed by atoms with van der Waals surface area (Å²) in [6, 6.07) is -0.665. The third-order valence-corrected chi connectivity index (χ3v) is 11.6. The number of nitrogens with one attached hydrogen (secondary N) is 1. The van der Waals surface area contributed by atoms with Gasteiger partial charge in [-0.15, -0.1) is 0 Å². The average molecular weight is 911 g/mol. The molecule has 0 spiro atoms. The van der Waals surface area contributed by atoms with Crippen LogP contribution in [0.1, 0.15) is 232 Å². The highest BCUT2D eigenvalue weighted by molar-refractivity contribution is 5.76. The van der Waals surface area contributed by atoms with Gasteiger partial charge in [0, 0.05) is 6.42 Å². The Bertz CT molecular complexity index is 1350. The number of carbonyl (C=O) groups is 1. The van der Waals surface area contributed by atoms with Gasteiger partial charge < -0.3 is 15.5 Å².